The fourth-order valence-electron chi connectivity index (χ4n) is 2.58. The molecule has 1 N–H and O–H groups in total. The van der Waals surface area contributed by atoms with Gasteiger partial charge in [-0.25, -0.2) is 0 Å². The van der Waals surface area contributed by atoms with Gasteiger partial charge in [-0.1, -0.05) is 37.3 Å². The maximum Gasteiger partial charge on any atom is 0.261 e. The van der Waals surface area contributed by atoms with E-state index in [4.69, 9.17) is 9.47 Å². The summed E-state index contributed by atoms with van der Waals surface area (Å²) in [5, 5.41) is 3.06. The zero-order chi connectivity index (χ0) is 18.1. The molecule has 2 aromatic carbocycles. The number of benzene rings is 2. The summed E-state index contributed by atoms with van der Waals surface area (Å²) < 4.78 is 11.0. The topological polar surface area (TPSA) is 47.6 Å². The molecule has 0 spiro atoms. The lowest BCUT2D eigenvalue weighted by Crippen LogP contribution is -2.42. The second-order valence-electron chi connectivity index (χ2n) is 6.12. The van der Waals surface area contributed by atoms with Crippen LogP contribution in [0.2, 0.25) is 0 Å². The van der Waals surface area contributed by atoms with Crippen molar-refractivity contribution >= 4 is 5.91 Å². The zero-order valence-electron chi connectivity index (χ0n) is 15.2. The van der Waals surface area contributed by atoms with Gasteiger partial charge in [0.15, 0.2) is 6.10 Å². The van der Waals surface area contributed by atoms with Gasteiger partial charge < -0.3 is 14.8 Å². The summed E-state index contributed by atoms with van der Waals surface area (Å²) in [4.78, 5) is 12.5. The largest absolute Gasteiger partial charge is 0.497 e. The second kappa shape index (κ2) is 9.72. The minimum Gasteiger partial charge on any atom is -0.497 e. The van der Waals surface area contributed by atoms with Crippen molar-refractivity contribution in [2.45, 2.75) is 45.3 Å². The number of ether oxygens (including phenoxy) is 2. The first kappa shape index (κ1) is 18.8. The summed E-state index contributed by atoms with van der Waals surface area (Å²) in [5.74, 6) is 1.36. The maximum absolute atomic E-state index is 12.5. The monoisotopic (exact) mass is 341 g/mol. The normalized spacial score (nSPS) is 12.9. The average Bonchev–Trinajstić information content (AvgIpc) is 2.65. The van der Waals surface area contributed by atoms with Gasteiger partial charge >= 0.3 is 0 Å². The van der Waals surface area contributed by atoms with Crippen molar-refractivity contribution in [3.63, 3.8) is 0 Å². The third kappa shape index (κ3) is 6.14. The van der Waals surface area contributed by atoms with E-state index in [1.165, 1.54) is 5.56 Å². The maximum atomic E-state index is 12.5. The molecule has 4 nitrogen and oxygen atoms in total. The van der Waals surface area contributed by atoms with E-state index in [1.807, 2.05) is 56.3 Å². The molecule has 0 bridgehead atoms. The average molecular weight is 341 g/mol. The zero-order valence-corrected chi connectivity index (χ0v) is 15.2. The van der Waals surface area contributed by atoms with Gasteiger partial charge in [-0.15, -0.1) is 0 Å². The molecule has 0 fully saturated rings. The van der Waals surface area contributed by atoms with Gasteiger partial charge in [-0.05, 0) is 56.0 Å². The number of carbonyl (C=O) groups is 1. The number of hydrogen-bond acceptors (Lipinski definition) is 3. The summed E-state index contributed by atoms with van der Waals surface area (Å²) in [7, 11) is 1.62. The Hall–Kier alpha value is -2.49. The third-order valence-electron chi connectivity index (χ3n) is 4.10. The van der Waals surface area contributed by atoms with Crippen LogP contribution in [0, 0.1) is 0 Å². The number of rotatable bonds is 9. The summed E-state index contributed by atoms with van der Waals surface area (Å²) in [6.45, 7) is 3.98. The molecular formula is C21H27NO3. The smallest absolute Gasteiger partial charge is 0.261 e. The molecule has 2 atom stereocenters. The van der Waals surface area contributed by atoms with Crippen LogP contribution in [0.5, 0.6) is 11.5 Å². The first-order valence-corrected chi connectivity index (χ1v) is 8.77. The highest BCUT2D eigenvalue weighted by atomic mass is 16.5. The molecule has 0 unspecified atom stereocenters. The van der Waals surface area contributed by atoms with Gasteiger partial charge in [-0.3, -0.25) is 4.79 Å². The Morgan fingerprint density at radius 1 is 1.04 bits per heavy atom. The molecule has 0 saturated carbocycles. The molecule has 134 valence electrons. The van der Waals surface area contributed by atoms with Gasteiger partial charge in [0, 0.05) is 6.04 Å². The van der Waals surface area contributed by atoms with Crippen molar-refractivity contribution in [2.75, 3.05) is 7.11 Å². The predicted molar refractivity (Wildman–Crippen MR) is 100 cm³/mol. The fourth-order valence-corrected chi connectivity index (χ4v) is 2.58. The van der Waals surface area contributed by atoms with E-state index >= 15 is 0 Å². The number of amides is 1. The molecule has 0 saturated heterocycles. The predicted octanol–water partition coefficient (Wildman–Crippen LogP) is 3.99. The van der Waals surface area contributed by atoms with E-state index in [2.05, 4.69) is 17.4 Å². The van der Waals surface area contributed by atoms with Crippen LogP contribution in [0.3, 0.4) is 0 Å². The highest BCUT2D eigenvalue weighted by Crippen LogP contribution is 2.19. The Bertz CT molecular complexity index is 640. The van der Waals surface area contributed by atoms with E-state index in [0.29, 0.717) is 12.2 Å². The minimum absolute atomic E-state index is 0.0705. The van der Waals surface area contributed by atoms with Gasteiger partial charge in [0.1, 0.15) is 11.5 Å². The minimum atomic E-state index is -0.493. The number of hydrogen-bond donors (Lipinski definition) is 1. The van der Waals surface area contributed by atoms with Crippen LogP contribution in [0.4, 0.5) is 0 Å². The van der Waals surface area contributed by atoms with Crippen LogP contribution in [0.1, 0.15) is 32.3 Å². The van der Waals surface area contributed by atoms with Crippen LogP contribution >= 0.6 is 0 Å². The van der Waals surface area contributed by atoms with E-state index in [9.17, 15) is 4.79 Å². The Kier molecular flexibility index (Phi) is 7.33. The lowest BCUT2D eigenvalue weighted by Gasteiger charge is -2.20. The van der Waals surface area contributed by atoms with Crippen molar-refractivity contribution in [1.82, 2.24) is 5.32 Å². The Morgan fingerprint density at radius 3 is 2.28 bits per heavy atom. The summed E-state index contributed by atoms with van der Waals surface area (Å²) in [5.41, 5.74) is 1.28. The fraction of sp³-hybridized carbons (Fsp3) is 0.381. The third-order valence-corrected chi connectivity index (χ3v) is 4.10. The quantitative estimate of drug-likeness (QED) is 0.750. The molecule has 25 heavy (non-hydrogen) atoms. The lowest BCUT2D eigenvalue weighted by molar-refractivity contribution is -0.128. The molecule has 4 heteroatoms. The second-order valence-corrected chi connectivity index (χ2v) is 6.12. The molecular weight excluding hydrogens is 314 g/mol. The van der Waals surface area contributed by atoms with Crippen molar-refractivity contribution in [2.24, 2.45) is 0 Å². The van der Waals surface area contributed by atoms with E-state index in [-0.39, 0.29) is 11.9 Å². The van der Waals surface area contributed by atoms with Crippen LogP contribution in [-0.2, 0) is 11.2 Å². The summed E-state index contributed by atoms with van der Waals surface area (Å²) in [6, 6.07) is 17.7. The highest BCUT2D eigenvalue weighted by molar-refractivity contribution is 5.81. The van der Waals surface area contributed by atoms with Gasteiger partial charge in [0.2, 0.25) is 0 Å². The number of carbonyl (C=O) groups excluding carboxylic acids is 1. The molecule has 0 aliphatic rings. The Morgan fingerprint density at radius 2 is 1.68 bits per heavy atom. The SMILES string of the molecule is CC[C@@H](Oc1ccc(OC)cc1)C(=O)N[C@@H](C)CCc1ccccc1. The molecule has 0 aromatic heterocycles. The number of methoxy groups -OCH3 is 1. The molecule has 2 aromatic rings. The Balaban J connectivity index is 1.83. The molecule has 2 rings (SSSR count). The van der Waals surface area contributed by atoms with Gasteiger partial charge in [-0.2, -0.15) is 0 Å². The molecule has 0 aliphatic heterocycles. The lowest BCUT2D eigenvalue weighted by atomic mass is 10.1. The van der Waals surface area contributed by atoms with E-state index in [0.717, 1.165) is 18.6 Å². The number of aryl methyl sites for hydroxylation is 1. The molecule has 0 heterocycles. The Labute approximate surface area is 150 Å². The van der Waals surface area contributed by atoms with Gasteiger partial charge in [0.25, 0.3) is 5.91 Å². The highest BCUT2D eigenvalue weighted by Gasteiger charge is 2.20. The van der Waals surface area contributed by atoms with E-state index < -0.39 is 6.10 Å². The number of nitrogens with one attached hydrogen (secondary N) is 1. The first-order valence-electron chi connectivity index (χ1n) is 8.77. The molecule has 0 radical (unpaired) electrons. The first-order chi connectivity index (χ1) is 12.1. The van der Waals surface area contributed by atoms with Crippen LogP contribution in [-0.4, -0.2) is 25.2 Å². The van der Waals surface area contributed by atoms with Crippen LogP contribution in [0.25, 0.3) is 0 Å². The van der Waals surface area contributed by atoms with Crippen molar-refractivity contribution in [3.8, 4) is 11.5 Å². The van der Waals surface area contributed by atoms with Crippen LogP contribution < -0.4 is 14.8 Å². The van der Waals surface area contributed by atoms with Crippen molar-refractivity contribution in [3.05, 3.63) is 60.2 Å². The van der Waals surface area contributed by atoms with E-state index in [1.54, 1.807) is 7.11 Å². The van der Waals surface area contributed by atoms with Crippen LogP contribution in [0.15, 0.2) is 54.6 Å². The van der Waals surface area contributed by atoms with Gasteiger partial charge in [0.05, 0.1) is 7.11 Å². The standard InChI is InChI=1S/C21H27NO3/c1-4-20(25-19-14-12-18(24-3)13-15-19)21(23)22-16(2)10-11-17-8-6-5-7-9-17/h5-9,12-16,20H,4,10-11H2,1-3H3,(H,22,23)/t16-,20+/m0/s1. The summed E-state index contributed by atoms with van der Waals surface area (Å²) >= 11 is 0. The van der Waals surface area contributed by atoms with Crippen molar-refractivity contribution in [1.29, 1.82) is 0 Å². The van der Waals surface area contributed by atoms with Crippen molar-refractivity contribution < 1.29 is 14.3 Å². The molecule has 0 aliphatic carbocycles. The summed E-state index contributed by atoms with van der Waals surface area (Å²) in [6.07, 6.45) is 1.96. The molecule has 1 amide bonds.